The molecule has 3 aromatic rings. The first-order valence-electron chi connectivity index (χ1n) is 4.45. The second kappa shape index (κ2) is 4.78. The number of aromatic hydroxyl groups is 1. The van der Waals surface area contributed by atoms with Gasteiger partial charge < -0.3 is 5.11 Å². The highest BCUT2D eigenvalue weighted by Gasteiger charge is 1.99. The zero-order valence-corrected chi connectivity index (χ0v) is 8.15. The van der Waals surface area contributed by atoms with Crippen LogP contribution in [0.3, 0.4) is 0 Å². The second-order valence-electron chi connectivity index (χ2n) is 2.78. The SMILES string of the molecule is Oc1cccc2n[nH]nc12.c1cnnnc1. The smallest absolute Gasteiger partial charge is 0.154 e. The summed E-state index contributed by atoms with van der Waals surface area (Å²) in [5, 5.41) is 29.2. The van der Waals surface area contributed by atoms with Crippen molar-refractivity contribution in [2.45, 2.75) is 0 Å². The van der Waals surface area contributed by atoms with Crippen molar-refractivity contribution < 1.29 is 5.11 Å². The maximum absolute atomic E-state index is 9.14. The lowest BCUT2D eigenvalue weighted by Gasteiger charge is -1.87. The topological polar surface area (TPSA) is 100 Å². The highest BCUT2D eigenvalue weighted by Crippen LogP contribution is 2.18. The molecule has 7 nitrogen and oxygen atoms in total. The predicted octanol–water partition coefficient (Wildman–Crippen LogP) is 0.535. The Hall–Kier alpha value is -2.57. The molecule has 7 heteroatoms. The molecule has 0 amide bonds. The van der Waals surface area contributed by atoms with Crippen molar-refractivity contribution in [2.24, 2.45) is 0 Å². The van der Waals surface area contributed by atoms with Gasteiger partial charge in [-0.05, 0) is 23.4 Å². The van der Waals surface area contributed by atoms with Crippen molar-refractivity contribution in [3.8, 4) is 5.75 Å². The highest BCUT2D eigenvalue weighted by atomic mass is 16.3. The van der Waals surface area contributed by atoms with Crippen LogP contribution in [0.25, 0.3) is 11.0 Å². The van der Waals surface area contributed by atoms with Gasteiger partial charge in [-0.15, -0.1) is 10.2 Å². The average Bonchev–Trinajstić information content (AvgIpc) is 2.82. The summed E-state index contributed by atoms with van der Waals surface area (Å²) < 4.78 is 0. The van der Waals surface area contributed by atoms with Gasteiger partial charge in [0, 0.05) is 0 Å². The van der Waals surface area contributed by atoms with Gasteiger partial charge in [0.05, 0.1) is 12.4 Å². The molecule has 0 bridgehead atoms. The van der Waals surface area contributed by atoms with Gasteiger partial charge in [-0.3, -0.25) is 0 Å². The lowest BCUT2D eigenvalue weighted by Crippen LogP contribution is -1.78. The van der Waals surface area contributed by atoms with Crippen LogP contribution < -0.4 is 0 Å². The minimum absolute atomic E-state index is 0.159. The number of aromatic nitrogens is 6. The van der Waals surface area contributed by atoms with E-state index in [1.807, 2.05) is 0 Å². The van der Waals surface area contributed by atoms with E-state index in [0.717, 1.165) is 0 Å². The molecule has 0 radical (unpaired) electrons. The fourth-order valence-corrected chi connectivity index (χ4v) is 1.06. The van der Waals surface area contributed by atoms with Crippen LogP contribution in [0.2, 0.25) is 0 Å². The molecule has 2 aromatic heterocycles. The third-order valence-corrected chi connectivity index (χ3v) is 1.73. The zero-order chi connectivity index (χ0) is 11.2. The molecule has 0 atom stereocenters. The lowest BCUT2D eigenvalue weighted by molar-refractivity contribution is 0.480. The van der Waals surface area contributed by atoms with E-state index in [-0.39, 0.29) is 5.75 Å². The molecule has 0 aliphatic rings. The van der Waals surface area contributed by atoms with E-state index >= 15 is 0 Å². The third kappa shape index (κ3) is 2.27. The second-order valence-corrected chi connectivity index (χ2v) is 2.78. The molecule has 0 saturated heterocycles. The van der Waals surface area contributed by atoms with E-state index in [1.165, 1.54) is 0 Å². The molecule has 80 valence electrons. The first-order valence-corrected chi connectivity index (χ1v) is 4.45. The van der Waals surface area contributed by atoms with Crippen molar-refractivity contribution in [3.63, 3.8) is 0 Å². The van der Waals surface area contributed by atoms with Crippen LogP contribution in [0.5, 0.6) is 5.75 Å². The van der Waals surface area contributed by atoms with Crippen LogP contribution in [0, 0.1) is 0 Å². The predicted molar refractivity (Wildman–Crippen MR) is 55.4 cm³/mol. The van der Waals surface area contributed by atoms with Gasteiger partial charge in [0.2, 0.25) is 0 Å². The average molecular weight is 216 g/mol. The summed E-state index contributed by atoms with van der Waals surface area (Å²) in [7, 11) is 0. The summed E-state index contributed by atoms with van der Waals surface area (Å²) in [5.41, 5.74) is 1.20. The van der Waals surface area contributed by atoms with E-state index in [4.69, 9.17) is 5.11 Å². The van der Waals surface area contributed by atoms with Crippen LogP contribution in [0.15, 0.2) is 36.7 Å². The van der Waals surface area contributed by atoms with Gasteiger partial charge in [-0.1, -0.05) is 6.07 Å². The Balaban J connectivity index is 0.000000138. The molecule has 1 aromatic carbocycles. The number of hydrogen-bond donors (Lipinski definition) is 2. The summed E-state index contributed by atoms with van der Waals surface area (Å²) in [6, 6.07) is 6.79. The van der Waals surface area contributed by atoms with E-state index in [9.17, 15) is 0 Å². The maximum atomic E-state index is 9.14. The summed E-state index contributed by atoms with van der Waals surface area (Å²) in [4.78, 5) is 0. The summed E-state index contributed by atoms with van der Waals surface area (Å²) >= 11 is 0. The Kier molecular flexibility index (Phi) is 2.98. The van der Waals surface area contributed by atoms with Gasteiger partial charge in [0.1, 0.15) is 11.3 Å². The Bertz CT molecular complexity index is 525. The van der Waals surface area contributed by atoms with Gasteiger partial charge >= 0.3 is 0 Å². The summed E-state index contributed by atoms with van der Waals surface area (Å²) in [6.07, 6.45) is 3.15. The quantitative estimate of drug-likeness (QED) is 0.568. The number of phenols is 1. The third-order valence-electron chi connectivity index (χ3n) is 1.73. The number of nitrogens with one attached hydrogen (secondary N) is 1. The molecule has 0 fully saturated rings. The van der Waals surface area contributed by atoms with E-state index in [1.54, 1.807) is 36.7 Å². The largest absolute Gasteiger partial charge is 0.506 e. The van der Waals surface area contributed by atoms with Gasteiger partial charge in [-0.2, -0.15) is 15.4 Å². The van der Waals surface area contributed by atoms with Crippen LogP contribution in [-0.4, -0.2) is 35.9 Å². The number of H-pyrrole nitrogens is 1. The standard InChI is InChI=1S/C6H5N3O.C3H3N3/c10-5-3-1-2-4-6(5)8-9-7-4;1-2-4-6-5-3-1/h1-3,10H,(H,7,8,9);1-3H. The number of rotatable bonds is 0. The first kappa shape index (κ1) is 9.97. The van der Waals surface area contributed by atoms with Gasteiger partial charge in [-0.25, -0.2) is 0 Å². The molecule has 0 aliphatic heterocycles. The van der Waals surface area contributed by atoms with Crippen molar-refractivity contribution in [1.82, 2.24) is 30.8 Å². The molecule has 0 unspecified atom stereocenters. The molecule has 2 N–H and O–H groups in total. The van der Waals surface area contributed by atoms with Crippen LogP contribution in [-0.2, 0) is 0 Å². The first-order chi connectivity index (χ1) is 7.88. The minimum atomic E-state index is 0.159. The molecular formula is C9H8N6O. The number of nitrogens with zero attached hydrogens (tertiary/aromatic N) is 5. The fraction of sp³-hybridized carbons (Fsp3) is 0. The number of benzene rings is 1. The van der Waals surface area contributed by atoms with Crippen molar-refractivity contribution >= 4 is 11.0 Å². The number of phenolic OH excluding ortho intramolecular Hbond substituents is 1. The van der Waals surface area contributed by atoms with Crippen molar-refractivity contribution in [1.29, 1.82) is 0 Å². The Morgan fingerprint density at radius 1 is 1.00 bits per heavy atom. The van der Waals surface area contributed by atoms with Crippen molar-refractivity contribution in [2.75, 3.05) is 0 Å². The molecule has 16 heavy (non-hydrogen) atoms. The summed E-state index contributed by atoms with van der Waals surface area (Å²) in [5.74, 6) is 0.159. The molecular weight excluding hydrogens is 208 g/mol. The number of para-hydroxylation sites is 1. The normalized spacial score (nSPS) is 9.50. The maximum Gasteiger partial charge on any atom is 0.154 e. The highest BCUT2D eigenvalue weighted by molar-refractivity contribution is 5.79. The van der Waals surface area contributed by atoms with Crippen LogP contribution >= 0.6 is 0 Å². The van der Waals surface area contributed by atoms with Gasteiger partial charge in [0.15, 0.2) is 5.52 Å². The number of hydrogen-bond acceptors (Lipinski definition) is 6. The number of fused-ring (bicyclic) bond motifs is 1. The van der Waals surface area contributed by atoms with Crippen molar-refractivity contribution in [3.05, 3.63) is 36.7 Å². The Labute approximate surface area is 90.2 Å². The molecule has 0 spiro atoms. The summed E-state index contributed by atoms with van der Waals surface area (Å²) in [6.45, 7) is 0. The van der Waals surface area contributed by atoms with Gasteiger partial charge in [0.25, 0.3) is 0 Å². The van der Waals surface area contributed by atoms with E-state index in [0.29, 0.717) is 11.0 Å². The lowest BCUT2D eigenvalue weighted by atomic mass is 10.3. The Morgan fingerprint density at radius 3 is 2.38 bits per heavy atom. The number of aromatic amines is 1. The van der Waals surface area contributed by atoms with Crippen LogP contribution in [0.1, 0.15) is 0 Å². The Morgan fingerprint density at radius 2 is 1.81 bits per heavy atom. The minimum Gasteiger partial charge on any atom is -0.506 e. The fourth-order valence-electron chi connectivity index (χ4n) is 1.06. The molecule has 2 heterocycles. The van der Waals surface area contributed by atoms with E-state index in [2.05, 4.69) is 30.8 Å². The van der Waals surface area contributed by atoms with Crippen LogP contribution in [0.4, 0.5) is 0 Å². The monoisotopic (exact) mass is 216 g/mol. The molecule has 0 aliphatic carbocycles. The molecule has 0 saturated carbocycles. The zero-order valence-electron chi connectivity index (χ0n) is 8.15. The van der Waals surface area contributed by atoms with E-state index < -0.39 is 0 Å². The molecule has 3 rings (SSSR count).